The maximum atomic E-state index is 12.1. The summed E-state index contributed by atoms with van der Waals surface area (Å²) in [5.41, 5.74) is 1.41. The van der Waals surface area contributed by atoms with Gasteiger partial charge in [0.15, 0.2) is 0 Å². The van der Waals surface area contributed by atoms with Gasteiger partial charge in [0.05, 0.1) is 6.04 Å². The molecule has 1 aromatic heterocycles. The van der Waals surface area contributed by atoms with Crippen LogP contribution in [0.2, 0.25) is 0 Å². The van der Waals surface area contributed by atoms with Crippen LogP contribution in [0.3, 0.4) is 0 Å². The smallest absolute Gasteiger partial charge is 0.224 e. The molecule has 0 saturated heterocycles. The number of thiophene rings is 1. The first-order valence-electron chi connectivity index (χ1n) is 6.23. The number of carbonyl (C=O) groups is 1. The minimum Gasteiger partial charge on any atom is -0.335 e. The monoisotopic (exact) mass is 269 g/mol. The number of alkyl halides is 1. The highest BCUT2D eigenvalue weighted by atomic mass is 35.5. The van der Waals surface area contributed by atoms with Crippen molar-refractivity contribution in [1.82, 2.24) is 4.90 Å². The Hall–Kier alpha value is -0.540. The van der Waals surface area contributed by atoms with Crippen LogP contribution in [0.4, 0.5) is 0 Å². The fourth-order valence-corrected chi connectivity index (χ4v) is 3.85. The number of rotatable bonds is 3. The Labute approximate surface area is 111 Å². The molecule has 1 atom stereocenters. The average molecular weight is 270 g/mol. The molecule has 1 saturated carbocycles. The second kappa shape index (κ2) is 4.62. The third-order valence-corrected chi connectivity index (χ3v) is 4.90. The van der Waals surface area contributed by atoms with E-state index < -0.39 is 0 Å². The number of hydrogen-bond donors (Lipinski definition) is 0. The second-order valence-electron chi connectivity index (χ2n) is 4.86. The summed E-state index contributed by atoms with van der Waals surface area (Å²) < 4.78 is 0. The molecule has 0 spiro atoms. The Balaban J connectivity index is 1.88. The van der Waals surface area contributed by atoms with Crippen molar-refractivity contribution < 1.29 is 4.79 Å². The normalized spacial score (nSPS) is 23.6. The first-order valence-corrected chi connectivity index (χ1v) is 7.64. The van der Waals surface area contributed by atoms with E-state index in [1.807, 2.05) is 11.3 Å². The highest BCUT2D eigenvalue weighted by Gasteiger charge is 2.41. The summed E-state index contributed by atoms with van der Waals surface area (Å²) in [6.45, 7) is 0.879. The largest absolute Gasteiger partial charge is 0.335 e. The molecule has 17 heavy (non-hydrogen) atoms. The molecule has 4 heteroatoms. The molecule has 1 aliphatic heterocycles. The minimum absolute atomic E-state index is 0.230. The van der Waals surface area contributed by atoms with Gasteiger partial charge in [-0.05, 0) is 42.2 Å². The van der Waals surface area contributed by atoms with Crippen molar-refractivity contribution in [3.8, 4) is 0 Å². The van der Waals surface area contributed by atoms with E-state index >= 15 is 0 Å². The van der Waals surface area contributed by atoms with Gasteiger partial charge in [-0.3, -0.25) is 4.79 Å². The second-order valence-corrected chi connectivity index (χ2v) is 6.24. The molecule has 0 aromatic carbocycles. The van der Waals surface area contributed by atoms with Gasteiger partial charge >= 0.3 is 0 Å². The predicted octanol–water partition coefficient (Wildman–Crippen LogP) is 3.21. The minimum atomic E-state index is 0.230. The summed E-state index contributed by atoms with van der Waals surface area (Å²) in [5, 5.41) is 2.16. The fraction of sp³-hybridized carbons (Fsp3) is 0.615. The van der Waals surface area contributed by atoms with E-state index in [0.29, 0.717) is 24.3 Å². The van der Waals surface area contributed by atoms with Crippen LogP contribution >= 0.6 is 22.9 Å². The number of amides is 1. The highest BCUT2D eigenvalue weighted by Crippen LogP contribution is 2.48. The molecule has 0 bridgehead atoms. The molecule has 1 aromatic rings. The Morgan fingerprint density at radius 2 is 2.35 bits per heavy atom. The molecule has 1 unspecified atom stereocenters. The third kappa shape index (κ3) is 2.11. The van der Waals surface area contributed by atoms with E-state index in [0.717, 1.165) is 13.0 Å². The van der Waals surface area contributed by atoms with Gasteiger partial charge < -0.3 is 4.90 Å². The number of nitrogens with zero attached hydrogens (tertiary/aromatic N) is 1. The number of hydrogen-bond acceptors (Lipinski definition) is 2. The van der Waals surface area contributed by atoms with Gasteiger partial charge in [-0.25, -0.2) is 0 Å². The summed E-state index contributed by atoms with van der Waals surface area (Å²) in [5.74, 6) is 1.36. The summed E-state index contributed by atoms with van der Waals surface area (Å²) in [6, 6.07) is 2.56. The lowest BCUT2D eigenvalue weighted by molar-refractivity contribution is -0.134. The van der Waals surface area contributed by atoms with Gasteiger partial charge in [-0.2, -0.15) is 0 Å². The molecule has 2 heterocycles. The maximum absolute atomic E-state index is 12.1. The van der Waals surface area contributed by atoms with Gasteiger partial charge in [0, 0.05) is 23.7 Å². The summed E-state index contributed by atoms with van der Waals surface area (Å²) in [7, 11) is 0. The molecule has 1 fully saturated rings. The molecule has 0 radical (unpaired) electrons. The zero-order valence-electron chi connectivity index (χ0n) is 9.69. The van der Waals surface area contributed by atoms with E-state index in [1.165, 1.54) is 23.3 Å². The van der Waals surface area contributed by atoms with Gasteiger partial charge in [0.1, 0.15) is 0 Å². The Kier molecular flexibility index (Phi) is 3.14. The molecule has 92 valence electrons. The van der Waals surface area contributed by atoms with E-state index in [1.54, 1.807) is 0 Å². The number of carbonyl (C=O) groups excluding carboxylic acids is 1. The van der Waals surface area contributed by atoms with E-state index in [4.69, 9.17) is 11.6 Å². The van der Waals surface area contributed by atoms with E-state index in [-0.39, 0.29) is 5.91 Å². The van der Waals surface area contributed by atoms with Crippen molar-refractivity contribution in [1.29, 1.82) is 0 Å². The van der Waals surface area contributed by atoms with Crippen LogP contribution in [-0.4, -0.2) is 23.2 Å². The van der Waals surface area contributed by atoms with E-state index in [2.05, 4.69) is 16.3 Å². The molecule has 0 N–H and O–H groups in total. The highest BCUT2D eigenvalue weighted by molar-refractivity contribution is 7.10. The van der Waals surface area contributed by atoms with Crippen LogP contribution in [-0.2, 0) is 11.2 Å². The van der Waals surface area contributed by atoms with Gasteiger partial charge in [0.2, 0.25) is 5.91 Å². The van der Waals surface area contributed by atoms with Crippen LogP contribution in [0.1, 0.15) is 35.7 Å². The van der Waals surface area contributed by atoms with Crippen molar-refractivity contribution in [2.75, 3.05) is 12.4 Å². The Morgan fingerprint density at radius 3 is 3.06 bits per heavy atom. The molecule has 2 aliphatic rings. The van der Waals surface area contributed by atoms with Crippen molar-refractivity contribution in [3.05, 3.63) is 21.9 Å². The van der Waals surface area contributed by atoms with Crippen LogP contribution in [0, 0.1) is 5.92 Å². The van der Waals surface area contributed by atoms with Crippen molar-refractivity contribution >= 4 is 28.8 Å². The fourth-order valence-electron chi connectivity index (χ4n) is 2.77. The Morgan fingerprint density at radius 1 is 1.53 bits per heavy atom. The summed E-state index contributed by atoms with van der Waals surface area (Å²) in [4.78, 5) is 15.7. The molecule has 1 amide bonds. The number of fused-ring (bicyclic) bond motifs is 1. The van der Waals surface area contributed by atoms with Crippen molar-refractivity contribution in [2.24, 2.45) is 5.92 Å². The number of halogens is 1. The van der Waals surface area contributed by atoms with Crippen LogP contribution in [0.25, 0.3) is 0 Å². The van der Waals surface area contributed by atoms with Crippen LogP contribution in [0.15, 0.2) is 11.4 Å². The summed E-state index contributed by atoms with van der Waals surface area (Å²) in [6.07, 6.45) is 4.03. The first kappa shape index (κ1) is 11.5. The van der Waals surface area contributed by atoms with Crippen molar-refractivity contribution in [3.63, 3.8) is 0 Å². The maximum Gasteiger partial charge on any atom is 0.224 e. The molecular formula is C13H16ClNOS. The van der Waals surface area contributed by atoms with Crippen LogP contribution in [0.5, 0.6) is 0 Å². The SMILES string of the molecule is O=C(CCCl)N1CCc2sccc2C1C1CC1. The lowest BCUT2D eigenvalue weighted by Crippen LogP contribution is -2.40. The first-order chi connectivity index (χ1) is 8.31. The zero-order chi connectivity index (χ0) is 11.8. The standard InChI is InChI=1S/C13H16ClNOS/c14-6-3-12(16)15-7-4-11-10(5-8-17-11)13(15)9-1-2-9/h5,8-9,13H,1-4,6-7H2. The molecule has 1 aliphatic carbocycles. The van der Waals surface area contributed by atoms with Crippen LogP contribution < -0.4 is 0 Å². The summed E-state index contributed by atoms with van der Waals surface area (Å²) >= 11 is 7.53. The molecule has 3 rings (SSSR count). The molecule has 2 nitrogen and oxygen atoms in total. The topological polar surface area (TPSA) is 20.3 Å². The van der Waals surface area contributed by atoms with E-state index in [9.17, 15) is 4.79 Å². The zero-order valence-corrected chi connectivity index (χ0v) is 11.3. The Bertz CT molecular complexity index is 427. The van der Waals surface area contributed by atoms with Crippen molar-refractivity contribution in [2.45, 2.75) is 31.7 Å². The third-order valence-electron chi connectivity index (χ3n) is 3.71. The van der Waals surface area contributed by atoms with Gasteiger partial charge in [-0.15, -0.1) is 22.9 Å². The lowest BCUT2D eigenvalue weighted by Gasteiger charge is -2.36. The average Bonchev–Trinajstić information content (AvgIpc) is 3.05. The molecular weight excluding hydrogens is 254 g/mol. The quantitative estimate of drug-likeness (QED) is 0.772. The predicted molar refractivity (Wildman–Crippen MR) is 70.5 cm³/mol. The van der Waals surface area contributed by atoms with Gasteiger partial charge in [-0.1, -0.05) is 0 Å². The van der Waals surface area contributed by atoms with Gasteiger partial charge in [0.25, 0.3) is 0 Å². The lowest BCUT2D eigenvalue weighted by atomic mass is 9.95.